The number of para-hydroxylation sites is 2. The van der Waals surface area contributed by atoms with Crippen molar-refractivity contribution >= 4 is 34.5 Å². The molecular formula is C32H34N8O3. The molecule has 1 fully saturated rings. The predicted molar refractivity (Wildman–Crippen MR) is 165 cm³/mol. The fourth-order valence-electron chi connectivity index (χ4n) is 5.40. The van der Waals surface area contributed by atoms with Crippen LogP contribution in [-0.4, -0.2) is 74.7 Å². The Hall–Kier alpha value is -5.19. The van der Waals surface area contributed by atoms with E-state index in [1.54, 1.807) is 26.3 Å². The summed E-state index contributed by atoms with van der Waals surface area (Å²) in [5, 5.41) is 7.65. The summed E-state index contributed by atoms with van der Waals surface area (Å²) in [7, 11) is 3.50. The number of H-pyrrole nitrogens is 1. The summed E-state index contributed by atoms with van der Waals surface area (Å²) in [6.07, 6.45) is 3.35. The van der Waals surface area contributed by atoms with Crippen LogP contribution in [0.15, 0.2) is 72.9 Å². The molecule has 2 N–H and O–H groups in total. The summed E-state index contributed by atoms with van der Waals surface area (Å²) in [4.78, 5) is 41.6. The maximum Gasteiger partial charge on any atom is 0.258 e. The molecule has 2 aromatic carbocycles. The normalized spacial score (nSPS) is 13.7. The molecule has 2 amide bonds. The molecule has 0 saturated carbocycles. The molecule has 5 aromatic rings. The molecule has 43 heavy (non-hydrogen) atoms. The minimum atomic E-state index is -0.300. The fourth-order valence-corrected chi connectivity index (χ4v) is 5.40. The van der Waals surface area contributed by atoms with E-state index in [1.165, 1.54) is 0 Å². The van der Waals surface area contributed by atoms with Crippen LogP contribution in [0, 0.1) is 0 Å². The van der Waals surface area contributed by atoms with E-state index in [4.69, 9.17) is 14.8 Å². The first-order chi connectivity index (χ1) is 20.9. The van der Waals surface area contributed by atoms with Crippen molar-refractivity contribution in [2.75, 3.05) is 37.5 Å². The Morgan fingerprint density at radius 1 is 1.07 bits per heavy atom. The van der Waals surface area contributed by atoms with Crippen molar-refractivity contribution in [3.05, 3.63) is 84.1 Å². The molecule has 1 saturated heterocycles. The van der Waals surface area contributed by atoms with Gasteiger partial charge in [0.25, 0.3) is 5.91 Å². The minimum absolute atomic E-state index is 0.0854. The standard InChI is InChI=1S/C32H34N8O3/c1-21(41)38(2)24-14-16-39(17-15-24)30-13-10-23(19-33-30)32(42)36-29-18-28(31-34-26-6-4-5-7-27(26)35-31)40(37-29)20-22-8-11-25(43-3)12-9-22/h4-13,18-19,24H,14-17,20H2,1-3H3,(H,34,35)(H,36,37,42). The number of imidazole rings is 1. The summed E-state index contributed by atoms with van der Waals surface area (Å²) in [6.45, 7) is 3.68. The van der Waals surface area contributed by atoms with Gasteiger partial charge in [0.1, 0.15) is 17.3 Å². The van der Waals surface area contributed by atoms with Crippen molar-refractivity contribution in [2.45, 2.75) is 32.4 Å². The molecule has 0 unspecified atom stereocenters. The van der Waals surface area contributed by atoms with E-state index >= 15 is 0 Å². The molecule has 3 aromatic heterocycles. The number of amides is 2. The number of nitrogens with zero attached hydrogens (tertiary/aromatic N) is 6. The first-order valence-corrected chi connectivity index (χ1v) is 14.3. The molecular weight excluding hydrogens is 544 g/mol. The molecule has 1 aliphatic rings. The van der Waals surface area contributed by atoms with Gasteiger partial charge in [0.15, 0.2) is 11.6 Å². The van der Waals surface area contributed by atoms with Crippen LogP contribution in [-0.2, 0) is 11.3 Å². The summed E-state index contributed by atoms with van der Waals surface area (Å²) < 4.78 is 7.12. The van der Waals surface area contributed by atoms with E-state index in [1.807, 2.05) is 77.3 Å². The summed E-state index contributed by atoms with van der Waals surface area (Å²) in [5.41, 5.74) is 3.97. The lowest BCUT2D eigenvalue weighted by atomic mass is 10.0. The fraction of sp³-hybridized carbons (Fsp3) is 0.281. The average Bonchev–Trinajstić information content (AvgIpc) is 3.65. The number of hydrogen-bond donors (Lipinski definition) is 2. The number of pyridine rings is 1. The lowest BCUT2D eigenvalue weighted by molar-refractivity contribution is -0.129. The number of anilines is 2. The summed E-state index contributed by atoms with van der Waals surface area (Å²) in [6, 6.07) is 21.3. The smallest absolute Gasteiger partial charge is 0.258 e. The topological polar surface area (TPSA) is 121 Å². The van der Waals surface area contributed by atoms with Gasteiger partial charge in [-0.1, -0.05) is 24.3 Å². The van der Waals surface area contributed by atoms with E-state index in [-0.39, 0.29) is 17.9 Å². The predicted octanol–water partition coefficient (Wildman–Crippen LogP) is 4.58. The van der Waals surface area contributed by atoms with Crippen molar-refractivity contribution in [1.29, 1.82) is 0 Å². The number of ether oxygens (including phenoxy) is 1. The molecule has 220 valence electrons. The van der Waals surface area contributed by atoms with Crippen LogP contribution in [0.3, 0.4) is 0 Å². The van der Waals surface area contributed by atoms with Gasteiger partial charge in [-0.25, -0.2) is 9.97 Å². The van der Waals surface area contributed by atoms with E-state index < -0.39 is 0 Å². The SMILES string of the molecule is COc1ccc(Cn2nc(NC(=O)c3ccc(N4CCC(N(C)C(C)=O)CC4)nc3)cc2-c2nc3ccccc3[nH]2)cc1. The van der Waals surface area contributed by atoms with Crippen LogP contribution in [0.2, 0.25) is 0 Å². The van der Waals surface area contributed by atoms with Gasteiger partial charge in [0, 0.05) is 45.4 Å². The second kappa shape index (κ2) is 12.0. The van der Waals surface area contributed by atoms with Crippen LogP contribution in [0.25, 0.3) is 22.6 Å². The van der Waals surface area contributed by atoms with Crippen LogP contribution in [0.5, 0.6) is 5.75 Å². The third kappa shape index (κ3) is 6.06. The van der Waals surface area contributed by atoms with Gasteiger partial charge in [0.05, 0.1) is 30.3 Å². The van der Waals surface area contributed by atoms with Crippen molar-refractivity contribution < 1.29 is 14.3 Å². The number of fused-ring (bicyclic) bond motifs is 1. The number of aromatic nitrogens is 5. The molecule has 0 aliphatic carbocycles. The zero-order valence-corrected chi connectivity index (χ0v) is 24.4. The lowest BCUT2D eigenvalue weighted by Crippen LogP contribution is -2.45. The monoisotopic (exact) mass is 578 g/mol. The molecule has 11 nitrogen and oxygen atoms in total. The molecule has 4 heterocycles. The van der Waals surface area contributed by atoms with E-state index in [0.717, 1.165) is 59.8 Å². The van der Waals surface area contributed by atoms with Gasteiger partial charge in [-0.05, 0) is 54.8 Å². The molecule has 1 aliphatic heterocycles. The average molecular weight is 579 g/mol. The number of methoxy groups -OCH3 is 1. The first-order valence-electron chi connectivity index (χ1n) is 14.3. The number of rotatable bonds is 8. The number of nitrogens with one attached hydrogen (secondary N) is 2. The van der Waals surface area contributed by atoms with Gasteiger partial charge in [-0.3, -0.25) is 14.3 Å². The second-order valence-electron chi connectivity index (χ2n) is 10.7. The molecule has 0 atom stereocenters. The summed E-state index contributed by atoms with van der Waals surface area (Å²) >= 11 is 0. The number of piperidine rings is 1. The van der Waals surface area contributed by atoms with Crippen molar-refractivity contribution in [2.24, 2.45) is 0 Å². The van der Waals surface area contributed by atoms with E-state index in [2.05, 4.69) is 20.2 Å². The number of aromatic amines is 1. The third-order valence-electron chi connectivity index (χ3n) is 7.99. The Morgan fingerprint density at radius 2 is 1.84 bits per heavy atom. The molecule has 0 radical (unpaired) electrons. The molecule has 11 heteroatoms. The van der Waals surface area contributed by atoms with Gasteiger partial charge in [-0.15, -0.1) is 0 Å². The highest BCUT2D eigenvalue weighted by Crippen LogP contribution is 2.26. The van der Waals surface area contributed by atoms with Crippen LogP contribution in [0.1, 0.15) is 35.7 Å². The number of carbonyl (C=O) groups excluding carboxylic acids is 2. The Balaban J connectivity index is 1.19. The van der Waals surface area contributed by atoms with Crippen molar-refractivity contribution in [1.82, 2.24) is 29.6 Å². The highest BCUT2D eigenvalue weighted by molar-refractivity contribution is 6.03. The number of benzene rings is 2. The molecule has 6 rings (SSSR count). The highest BCUT2D eigenvalue weighted by atomic mass is 16.5. The Morgan fingerprint density at radius 3 is 2.51 bits per heavy atom. The Labute approximate surface area is 249 Å². The van der Waals surface area contributed by atoms with Crippen LogP contribution in [0.4, 0.5) is 11.6 Å². The zero-order valence-electron chi connectivity index (χ0n) is 24.4. The van der Waals surface area contributed by atoms with Gasteiger partial charge < -0.3 is 24.8 Å². The van der Waals surface area contributed by atoms with Gasteiger partial charge in [-0.2, -0.15) is 5.10 Å². The maximum atomic E-state index is 13.2. The van der Waals surface area contributed by atoms with E-state index in [0.29, 0.717) is 23.8 Å². The minimum Gasteiger partial charge on any atom is -0.497 e. The first kappa shape index (κ1) is 28.0. The maximum absolute atomic E-state index is 13.2. The van der Waals surface area contributed by atoms with Gasteiger partial charge >= 0.3 is 0 Å². The van der Waals surface area contributed by atoms with Gasteiger partial charge in [0.2, 0.25) is 5.91 Å². The van der Waals surface area contributed by atoms with Crippen LogP contribution >= 0.6 is 0 Å². The van der Waals surface area contributed by atoms with Crippen molar-refractivity contribution in [3.63, 3.8) is 0 Å². The lowest BCUT2D eigenvalue weighted by Gasteiger charge is -2.37. The zero-order chi connectivity index (χ0) is 29.9. The van der Waals surface area contributed by atoms with E-state index in [9.17, 15) is 9.59 Å². The Bertz CT molecular complexity index is 1700. The quantitative estimate of drug-likeness (QED) is 0.277. The van der Waals surface area contributed by atoms with Crippen molar-refractivity contribution in [3.8, 4) is 17.3 Å². The molecule has 0 bridgehead atoms. The summed E-state index contributed by atoms with van der Waals surface area (Å²) in [5.74, 6) is 2.45. The van der Waals surface area contributed by atoms with Crippen LogP contribution < -0.4 is 15.0 Å². The third-order valence-corrected chi connectivity index (χ3v) is 7.99. The number of carbonyl (C=O) groups is 2. The second-order valence-corrected chi connectivity index (χ2v) is 10.7. The highest BCUT2D eigenvalue weighted by Gasteiger charge is 2.25. The largest absolute Gasteiger partial charge is 0.497 e. The molecule has 0 spiro atoms. The number of hydrogen-bond acceptors (Lipinski definition) is 7. The Kier molecular flexibility index (Phi) is 7.78.